The third-order valence-corrected chi connectivity index (χ3v) is 3.32. The first-order chi connectivity index (χ1) is 8.66. The number of carbonyl (C=O) groups is 1. The van der Waals surface area contributed by atoms with Crippen LogP contribution in [0.2, 0.25) is 0 Å². The first-order valence-electron chi connectivity index (χ1n) is 6.44. The fraction of sp³-hybridized carbons (Fsp3) is 0.500. The van der Waals surface area contributed by atoms with Gasteiger partial charge in [-0.2, -0.15) is 0 Å². The Morgan fingerprint density at radius 3 is 3.06 bits per heavy atom. The Balaban J connectivity index is 1.99. The Kier molecular flexibility index (Phi) is 4.31. The monoisotopic (exact) mass is 250 g/mol. The molecule has 1 saturated heterocycles. The van der Waals surface area contributed by atoms with E-state index in [4.69, 9.17) is 0 Å². The summed E-state index contributed by atoms with van der Waals surface area (Å²) in [4.78, 5) is 12.0. The van der Waals surface area contributed by atoms with E-state index in [1.165, 1.54) is 6.07 Å². The number of amides is 1. The molecule has 0 radical (unpaired) electrons. The smallest absolute Gasteiger partial charge is 0.251 e. The van der Waals surface area contributed by atoms with Crippen LogP contribution in [0.1, 0.15) is 35.2 Å². The molecule has 0 bridgehead atoms. The highest BCUT2D eigenvalue weighted by atomic mass is 19.1. The van der Waals surface area contributed by atoms with E-state index in [0.29, 0.717) is 11.1 Å². The number of hydrogen-bond acceptors (Lipinski definition) is 2. The van der Waals surface area contributed by atoms with Crippen molar-refractivity contribution < 1.29 is 9.18 Å². The lowest BCUT2D eigenvalue weighted by Gasteiger charge is -2.16. The molecule has 1 fully saturated rings. The fourth-order valence-corrected chi connectivity index (χ4v) is 2.15. The van der Waals surface area contributed by atoms with Crippen molar-refractivity contribution in [2.24, 2.45) is 0 Å². The number of aryl methyl sites for hydroxylation is 1. The van der Waals surface area contributed by atoms with Gasteiger partial charge in [-0.15, -0.1) is 0 Å². The fourth-order valence-electron chi connectivity index (χ4n) is 2.15. The van der Waals surface area contributed by atoms with E-state index in [1.54, 1.807) is 19.1 Å². The molecular weight excluding hydrogens is 231 g/mol. The topological polar surface area (TPSA) is 41.1 Å². The van der Waals surface area contributed by atoms with Gasteiger partial charge in [0.15, 0.2) is 0 Å². The summed E-state index contributed by atoms with van der Waals surface area (Å²) in [5, 5.41) is 6.24. The van der Waals surface area contributed by atoms with Crippen LogP contribution in [0.4, 0.5) is 4.39 Å². The van der Waals surface area contributed by atoms with Crippen LogP contribution in [0.3, 0.4) is 0 Å². The Morgan fingerprint density at radius 2 is 2.28 bits per heavy atom. The number of halogens is 1. The van der Waals surface area contributed by atoms with Crippen LogP contribution in [-0.4, -0.2) is 25.0 Å². The van der Waals surface area contributed by atoms with Gasteiger partial charge in [-0.3, -0.25) is 4.79 Å². The maximum absolute atomic E-state index is 13.4. The average Bonchev–Trinajstić information content (AvgIpc) is 2.61. The summed E-state index contributed by atoms with van der Waals surface area (Å²) in [5.74, 6) is -0.524. The van der Waals surface area contributed by atoms with Gasteiger partial charge in [-0.25, -0.2) is 4.39 Å². The van der Waals surface area contributed by atoms with E-state index in [1.807, 2.05) is 0 Å². The zero-order valence-electron chi connectivity index (χ0n) is 10.6. The molecule has 1 aliphatic heterocycles. The van der Waals surface area contributed by atoms with Crippen LogP contribution in [-0.2, 0) is 0 Å². The SMILES string of the molecule is Cc1ccc(C(=O)NC2CCCCNC2)cc1F. The van der Waals surface area contributed by atoms with Crippen molar-refractivity contribution in [3.63, 3.8) is 0 Å². The highest BCUT2D eigenvalue weighted by molar-refractivity contribution is 5.94. The molecule has 1 aromatic rings. The van der Waals surface area contributed by atoms with Crippen LogP contribution in [0, 0.1) is 12.7 Å². The predicted octanol–water partition coefficient (Wildman–Crippen LogP) is 2.01. The van der Waals surface area contributed by atoms with Gasteiger partial charge >= 0.3 is 0 Å². The zero-order valence-corrected chi connectivity index (χ0v) is 10.6. The van der Waals surface area contributed by atoms with Crippen molar-refractivity contribution in [1.29, 1.82) is 0 Å². The molecule has 2 N–H and O–H groups in total. The minimum absolute atomic E-state index is 0.143. The van der Waals surface area contributed by atoms with E-state index in [2.05, 4.69) is 10.6 Å². The predicted molar refractivity (Wildman–Crippen MR) is 69.1 cm³/mol. The van der Waals surface area contributed by atoms with Gasteiger partial charge in [-0.05, 0) is 44.0 Å². The normalized spacial score (nSPS) is 20.2. The molecule has 1 unspecified atom stereocenters. The summed E-state index contributed by atoms with van der Waals surface area (Å²) in [7, 11) is 0. The molecule has 2 rings (SSSR count). The number of nitrogens with one attached hydrogen (secondary N) is 2. The molecule has 0 spiro atoms. The van der Waals surface area contributed by atoms with E-state index >= 15 is 0 Å². The maximum atomic E-state index is 13.4. The molecule has 1 heterocycles. The highest BCUT2D eigenvalue weighted by Crippen LogP contribution is 2.10. The lowest BCUT2D eigenvalue weighted by molar-refractivity contribution is 0.0935. The zero-order chi connectivity index (χ0) is 13.0. The minimum Gasteiger partial charge on any atom is -0.348 e. The van der Waals surface area contributed by atoms with Crippen molar-refractivity contribution >= 4 is 5.91 Å². The molecule has 1 aliphatic rings. The molecule has 1 aromatic carbocycles. The summed E-state index contributed by atoms with van der Waals surface area (Å²) in [6.45, 7) is 3.48. The quantitative estimate of drug-likeness (QED) is 0.843. The van der Waals surface area contributed by atoms with Gasteiger partial charge in [-0.1, -0.05) is 12.5 Å². The maximum Gasteiger partial charge on any atom is 0.251 e. The van der Waals surface area contributed by atoms with E-state index in [9.17, 15) is 9.18 Å². The molecule has 1 amide bonds. The van der Waals surface area contributed by atoms with Gasteiger partial charge in [0.1, 0.15) is 5.82 Å². The first-order valence-corrected chi connectivity index (χ1v) is 6.44. The largest absolute Gasteiger partial charge is 0.348 e. The van der Waals surface area contributed by atoms with E-state index in [0.717, 1.165) is 32.4 Å². The first kappa shape index (κ1) is 13.0. The third-order valence-electron chi connectivity index (χ3n) is 3.32. The van der Waals surface area contributed by atoms with Crippen molar-refractivity contribution in [1.82, 2.24) is 10.6 Å². The lowest BCUT2D eigenvalue weighted by Crippen LogP contribution is -2.40. The molecule has 98 valence electrons. The van der Waals surface area contributed by atoms with Crippen molar-refractivity contribution in [3.05, 3.63) is 35.1 Å². The van der Waals surface area contributed by atoms with Gasteiger partial charge in [0.25, 0.3) is 5.91 Å². The number of rotatable bonds is 2. The number of benzene rings is 1. The van der Waals surface area contributed by atoms with Crippen LogP contribution >= 0.6 is 0 Å². The van der Waals surface area contributed by atoms with Crippen molar-refractivity contribution in [3.8, 4) is 0 Å². The van der Waals surface area contributed by atoms with Crippen molar-refractivity contribution in [2.45, 2.75) is 32.2 Å². The number of carbonyl (C=O) groups excluding carboxylic acids is 1. The summed E-state index contributed by atoms with van der Waals surface area (Å²) >= 11 is 0. The van der Waals surface area contributed by atoms with Crippen molar-refractivity contribution in [2.75, 3.05) is 13.1 Å². The van der Waals surface area contributed by atoms with E-state index in [-0.39, 0.29) is 17.8 Å². The Hall–Kier alpha value is -1.42. The van der Waals surface area contributed by atoms with Gasteiger partial charge in [0, 0.05) is 18.2 Å². The van der Waals surface area contributed by atoms with Crippen LogP contribution in [0.25, 0.3) is 0 Å². The van der Waals surface area contributed by atoms with Crippen LogP contribution < -0.4 is 10.6 Å². The Labute approximate surface area is 107 Å². The molecule has 0 aromatic heterocycles. The summed E-state index contributed by atoms with van der Waals surface area (Å²) in [5.41, 5.74) is 0.949. The molecule has 18 heavy (non-hydrogen) atoms. The second-order valence-electron chi connectivity index (χ2n) is 4.83. The molecule has 0 saturated carbocycles. The minimum atomic E-state index is -0.332. The average molecular weight is 250 g/mol. The molecule has 3 nitrogen and oxygen atoms in total. The molecular formula is C14H19FN2O. The van der Waals surface area contributed by atoms with Crippen LogP contribution in [0.15, 0.2) is 18.2 Å². The lowest BCUT2D eigenvalue weighted by atomic mass is 10.1. The van der Waals surface area contributed by atoms with Gasteiger partial charge in [0.2, 0.25) is 0 Å². The summed E-state index contributed by atoms with van der Waals surface area (Å²) in [6, 6.07) is 4.74. The summed E-state index contributed by atoms with van der Waals surface area (Å²) < 4.78 is 13.4. The standard InChI is InChI=1S/C14H19FN2O/c1-10-5-6-11(8-13(10)15)14(18)17-12-4-2-3-7-16-9-12/h5-6,8,12,16H,2-4,7,9H2,1H3,(H,17,18). The number of hydrogen-bond donors (Lipinski definition) is 2. The third kappa shape index (κ3) is 3.29. The molecule has 1 atom stereocenters. The van der Waals surface area contributed by atoms with Crippen LogP contribution in [0.5, 0.6) is 0 Å². The highest BCUT2D eigenvalue weighted by Gasteiger charge is 2.16. The Morgan fingerprint density at radius 1 is 1.44 bits per heavy atom. The molecule has 0 aliphatic carbocycles. The van der Waals surface area contributed by atoms with Gasteiger partial charge in [0.05, 0.1) is 0 Å². The van der Waals surface area contributed by atoms with Gasteiger partial charge < -0.3 is 10.6 Å². The second-order valence-corrected chi connectivity index (χ2v) is 4.83. The molecule has 4 heteroatoms. The van der Waals surface area contributed by atoms with E-state index < -0.39 is 0 Å². The summed E-state index contributed by atoms with van der Waals surface area (Å²) in [6.07, 6.45) is 3.23. The Bertz CT molecular complexity index is 426. The second kappa shape index (κ2) is 5.96.